The summed E-state index contributed by atoms with van der Waals surface area (Å²) in [5.74, 6) is 2.54. The molecule has 0 atom stereocenters. The number of hydrogen-bond acceptors (Lipinski definition) is 4. The van der Waals surface area contributed by atoms with Crippen LogP contribution >= 0.6 is 24.0 Å². The van der Waals surface area contributed by atoms with E-state index in [1.165, 1.54) is 5.56 Å². The molecule has 0 saturated carbocycles. The molecule has 0 spiro atoms. The molecule has 7 heteroatoms. The quantitative estimate of drug-likeness (QED) is 0.326. The van der Waals surface area contributed by atoms with Crippen molar-refractivity contribution in [1.29, 1.82) is 0 Å². The number of guanidine groups is 1. The lowest BCUT2D eigenvalue weighted by molar-refractivity contribution is 0.281. The fourth-order valence-electron chi connectivity index (χ4n) is 2.49. The van der Waals surface area contributed by atoms with Crippen LogP contribution in [0, 0.1) is 6.92 Å². The Morgan fingerprint density at radius 3 is 2.46 bits per heavy atom. The monoisotopic (exact) mass is 498 g/mol. The summed E-state index contributed by atoms with van der Waals surface area (Å²) in [6.07, 6.45) is 2.79. The maximum Gasteiger partial charge on any atom is 0.193 e. The third-order valence-corrected chi connectivity index (χ3v) is 4.09. The number of nitrogens with zero attached hydrogens (tertiary/aromatic N) is 3. The van der Waals surface area contributed by atoms with Crippen molar-refractivity contribution in [2.45, 2.75) is 20.3 Å². The van der Waals surface area contributed by atoms with Crippen molar-refractivity contribution in [2.75, 3.05) is 40.4 Å². The van der Waals surface area contributed by atoms with E-state index in [4.69, 9.17) is 14.5 Å². The third-order valence-electron chi connectivity index (χ3n) is 4.09. The highest BCUT2D eigenvalue weighted by Gasteiger charge is 2.06. The van der Waals surface area contributed by atoms with E-state index in [2.05, 4.69) is 28.2 Å². The van der Waals surface area contributed by atoms with Crippen molar-refractivity contribution in [3.05, 3.63) is 53.9 Å². The molecule has 0 amide bonds. The first-order valence-electron chi connectivity index (χ1n) is 9.30. The first-order chi connectivity index (χ1) is 13.1. The molecule has 2 rings (SSSR count). The number of halogens is 1. The Hall–Kier alpha value is -2.03. The van der Waals surface area contributed by atoms with E-state index in [1.807, 2.05) is 50.5 Å². The van der Waals surface area contributed by atoms with Gasteiger partial charge in [-0.15, -0.1) is 24.0 Å². The summed E-state index contributed by atoms with van der Waals surface area (Å²) in [7, 11) is 3.67. The molecule has 6 nitrogen and oxygen atoms in total. The molecule has 0 bridgehead atoms. The molecule has 0 aliphatic rings. The lowest BCUT2D eigenvalue weighted by Crippen LogP contribution is -2.41. The van der Waals surface area contributed by atoms with E-state index in [0.29, 0.717) is 6.61 Å². The van der Waals surface area contributed by atoms with Crippen LogP contribution in [0.25, 0.3) is 0 Å². The molecule has 0 fully saturated rings. The number of pyridine rings is 1. The minimum absolute atomic E-state index is 0. The topological polar surface area (TPSA) is 59.0 Å². The number of rotatable bonds is 9. The summed E-state index contributed by atoms with van der Waals surface area (Å²) < 4.78 is 11.0. The van der Waals surface area contributed by atoms with E-state index in [-0.39, 0.29) is 24.0 Å². The Kier molecular flexibility index (Phi) is 11.3. The molecule has 1 aromatic carbocycles. The van der Waals surface area contributed by atoms with Crippen molar-refractivity contribution in [3.63, 3.8) is 0 Å². The Bertz CT molecular complexity index is 705. The normalized spacial score (nSPS) is 10.8. The zero-order chi connectivity index (χ0) is 19.5. The second-order valence-corrected chi connectivity index (χ2v) is 6.24. The summed E-state index contributed by atoms with van der Waals surface area (Å²) in [6.45, 7) is 6.93. The van der Waals surface area contributed by atoms with Gasteiger partial charge in [0.05, 0.1) is 13.7 Å². The summed E-state index contributed by atoms with van der Waals surface area (Å²) in [5, 5.41) is 3.33. The second kappa shape index (κ2) is 13.2. The number of likely N-dealkylation sites (N-methyl/N-ethyl adjacent to an activating group) is 1. The average molecular weight is 498 g/mol. The lowest BCUT2D eigenvalue weighted by Gasteiger charge is -2.22. The highest BCUT2D eigenvalue weighted by Crippen LogP contribution is 2.16. The largest absolute Gasteiger partial charge is 0.497 e. The SMILES string of the molecule is CCNC(=NCCc1ccc(C)nc1)N(C)CCOc1ccc(OC)cc1.I. The minimum atomic E-state index is 0. The highest BCUT2D eigenvalue weighted by molar-refractivity contribution is 14.0. The number of methoxy groups -OCH3 is 1. The van der Waals surface area contributed by atoms with Gasteiger partial charge < -0.3 is 19.7 Å². The smallest absolute Gasteiger partial charge is 0.193 e. The van der Waals surface area contributed by atoms with E-state index in [9.17, 15) is 0 Å². The average Bonchev–Trinajstić information content (AvgIpc) is 2.69. The van der Waals surface area contributed by atoms with Gasteiger partial charge in [-0.2, -0.15) is 0 Å². The molecule has 0 unspecified atom stereocenters. The van der Waals surface area contributed by atoms with Gasteiger partial charge in [-0.3, -0.25) is 9.98 Å². The number of hydrogen-bond donors (Lipinski definition) is 1. The first kappa shape index (κ1) is 24.0. The molecule has 2 aromatic rings. The zero-order valence-corrected chi connectivity index (χ0v) is 19.5. The van der Waals surface area contributed by atoms with Crippen LogP contribution in [-0.4, -0.2) is 56.2 Å². The first-order valence-corrected chi connectivity index (χ1v) is 9.30. The van der Waals surface area contributed by atoms with Gasteiger partial charge in [0, 0.05) is 32.0 Å². The van der Waals surface area contributed by atoms with Crippen LogP contribution in [-0.2, 0) is 6.42 Å². The molecule has 0 aliphatic carbocycles. The highest BCUT2D eigenvalue weighted by atomic mass is 127. The van der Waals surface area contributed by atoms with Crippen LogP contribution in [0.3, 0.4) is 0 Å². The van der Waals surface area contributed by atoms with Crippen molar-refractivity contribution in [2.24, 2.45) is 4.99 Å². The van der Waals surface area contributed by atoms with Gasteiger partial charge in [0.2, 0.25) is 0 Å². The van der Waals surface area contributed by atoms with Crippen LogP contribution in [0.1, 0.15) is 18.2 Å². The summed E-state index contributed by atoms with van der Waals surface area (Å²) in [5.41, 5.74) is 2.23. The van der Waals surface area contributed by atoms with Gasteiger partial charge in [-0.05, 0) is 56.2 Å². The Balaban J connectivity index is 0.00000392. The Labute approximate surface area is 185 Å². The molecule has 1 aromatic heterocycles. The molecule has 0 saturated heterocycles. The number of ether oxygens (including phenoxy) is 2. The van der Waals surface area contributed by atoms with Gasteiger partial charge in [0.1, 0.15) is 18.1 Å². The Morgan fingerprint density at radius 1 is 1.14 bits per heavy atom. The van der Waals surface area contributed by atoms with Crippen molar-refractivity contribution >= 4 is 29.9 Å². The molecule has 0 aliphatic heterocycles. The predicted molar refractivity (Wildman–Crippen MR) is 125 cm³/mol. The van der Waals surface area contributed by atoms with Crippen LogP contribution in [0.15, 0.2) is 47.6 Å². The van der Waals surface area contributed by atoms with E-state index in [0.717, 1.165) is 49.2 Å². The zero-order valence-electron chi connectivity index (χ0n) is 17.1. The number of aryl methyl sites for hydroxylation is 1. The fourth-order valence-corrected chi connectivity index (χ4v) is 2.49. The molecule has 28 heavy (non-hydrogen) atoms. The molecular weight excluding hydrogens is 467 g/mol. The number of nitrogens with one attached hydrogen (secondary N) is 1. The standard InChI is InChI=1S/C21H30N4O2.HI/c1-5-22-21(23-13-12-18-7-6-17(2)24-16-18)25(3)14-15-27-20-10-8-19(26-4)9-11-20;/h6-11,16H,5,12-15H2,1-4H3,(H,22,23);1H. The van der Waals surface area contributed by atoms with Gasteiger partial charge in [-0.25, -0.2) is 0 Å². The molecular formula is C21H31IN4O2. The lowest BCUT2D eigenvalue weighted by atomic mass is 10.2. The maximum absolute atomic E-state index is 5.80. The van der Waals surface area contributed by atoms with Crippen LogP contribution < -0.4 is 14.8 Å². The van der Waals surface area contributed by atoms with Gasteiger partial charge >= 0.3 is 0 Å². The summed E-state index contributed by atoms with van der Waals surface area (Å²) >= 11 is 0. The van der Waals surface area contributed by atoms with E-state index >= 15 is 0 Å². The Morgan fingerprint density at radius 2 is 1.86 bits per heavy atom. The fraction of sp³-hybridized carbons (Fsp3) is 0.429. The third kappa shape index (κ3) is 8.33. The number of aliphatic imine (C=N–C) groups is 1. The molecule has 0 radical (unpaired) electrons. The number of benzene rings is 1. The summed E-state index contributed by atoms with van der Waals surface area (Å²) in [4.78, 5) is 11.1. The predicted octanol–water partition coefficient (Wildman–Crippen LogP) is 3.54. The van der Waals surface area contributed by atoms with Crippen molar-refractivity contribution in [3.8, 4) is 11.5 Å². The minimum Gasteiger partial charge on any atom is -0.497 e. The number of aromatic nitrogens is 1. The maximum atomic E-state index is 5.80. The van der Waals surface area contributed by atoms with Gasteiger partial charge in [0.15, 0.2) is 5.96 Å². The molecule has 154 valence electrons. The van der Waals surface area contributed by atoms with Crippen LogP contribution in [0.2, 0.25) is 0 Å². The summed E-state index contributed by atoms with van der Waals surface area (Å²) in [6, 6.07) is 11.8. The van der Waals surface area contributed by atoms with E-state index in [1.54, 1.807) is 7.11 Å². The van der Waals surface area contributed by atoms with Crippen molar-refractivity contribution in [1.82, 2.24) is 15.2 Å². The molecule has 1 heterocycles. The van der Waals surface area contributed by atoms with Gasteiger partial charge in [-0.1, -0.05) is 6.07 Å². The van der Waals surface area contributed by atoms with Crippen LogP contribution in [0.4, 0.5) is 0 Å². The van der Waals surface area contributed by atoms with Gasteiger partial charge in [0.25, 0.3) is 0 Å². The van der Waals surface area contributed by atoms with Crippen molar-refractivity contribution < 1.29 is 9.47 Å². The van der Waals surface area contributed by atoms with E-state index < -0.39 is 0 Å². The molecule has 1 N–H and O–H groups in total. The van der Waals surface area contributed by atoms with Crippen LogP contribution in [0.5, 0.6) is 11.5 Å². The second-order valence-electron chi connectivity index (χ2n) is 6.24.